The van der Waals surface area contributed by atoms with Gasteiger partial charge in [-0.2, -0.15) is 0 Å². The number of rotatable bonds is 17. The Balaban J connectivity index is 1.99. The first kappa shape index (κ1) is 35.3. The maximum atomic E-state index is 13.7. The van der Waals surface area contributed by atoms with Crippen molar-refractivity contribution in [2.75, 3.05) is 6.61 Å². The number of cyclic esters (lactones) is 1. The summed E-state index contributed by atoms with van der Waals surface area (Å²) in [7, 11) is 0. The number of carbonyl (C=O) groups is 4. The van der Waals surface area contributed by atoms with E-state index in [0.717, 1.165) is 17.3 Å². The van der Waals surface area contributed by atoms with Gasteiger partial charge in [0.15, 0.2) is 0 Å². The standard InChI is InChI=1S/C31H45NO9S/c1-8-23(20(4)13-22-16-42-18-32-22)40-26(34)14-24-31(7,15-27(35)41-24)29(37)21(5)28(36)19(3)11-10-12-30(6,38)17-39-25(33)9-2/h9,13,16,18-19,21,23-24,28,36,38H,2,8,10-12,14-15,17H2,1,3-7H3/b20-13+/t19-,21+,23-,24-,28-,30?,31+/m0/s1. The third-order valence-electron chi connectivity index (χ3n) is 7.97. The zero-order valence-corrected chi connectivity index (χ0v) is 26.3. The number of aromatic nitrogens is 1. The van der Waals surface area contributed by atoms with Crippen molar-refractivity contribution in [3.05, 3.63) is 34.8 Å². The molecule has 2 heterocycles. The number of ketones is 1. The molecule has 1 aromatic heterocycles. The van der Waals surface area contributed by atoms with E-state index in [-0.39, 0.29) is 31.1 Å². The number of ether oxygens (including phenoxy) is 3. The predicted molar refractivity (Wildman–Crippen MR) is 158 cm³/mol. The average molecular weight is 608 g/mol. The predicted octanol–water partition coefficient (Wildman–Crippen LogP) is 4.43. The van der Waals surface area contributed by atoms with E-state index < -0.39 is 53.2 Å². The van der Waals surface area contributed by atoms with E-state index in [1.165, 1.54) is 11.3 Å². The molecule has 7 atom stereocenters. The molecule has 0 radical (unpaired) electrons. The Morgan fingerprint density at radius 2 is 2.05 bits per heavy atom. The van der Waals surface area contributed by atoms with E-state index in [1.54, 1.807) is 33.2 Å². The molecule has 1 aliphatic heterocycles. The molecule has 0 spiro atoms. The number of aliphatic hydroxyl groups is 2. The van der Waals surface area contributed by atoms with Gasteiger partial charge in [0.1, 0.15) is 24.6 Å². The smallest absolute Gasteiger partial charge is 0.330 e. The van der Waals surface area contributed by atoms with Crippen LogP contribution in [0.1, 0.15) is 85.8 Å². The van der Waals surface area contributed by atoms with Crippen molar-refractivity contribution in [2.45, 2.75) is 104 Å². The molecular weight excluding hydrogens is 562 g/mol. The summed E-state index contributed by atoms with van der Waals surface area (Å²) >= 11 is 1.46. The van der Waals surface area contributed by atoms with Crippen LogP contribution in [0, 0.1) is 17.3 Å². The van der Waals surface area contributed by atoms with Gasteiger partial charge in [0.25, 0.3) is 0 Å². The molecular formula is C31H45NO9S. The number of thiazole rings is 1. The van der Waals surface area contributed by atoms with Crippen LogP contribution in [0.4, 0.5) is 0 Å². The van der Waals surface area contributed by atoms with Crippen LogP contribution in [-0.2, 0) is 33.4 Å². The summed E-state index contributed by atoms with van der Waals surface area (Å²) in [6, 6.07) is 0. The molecule has 0 aliphatic carbocycles. The number of aliphatic hydroxyl groups excluding tert-OH is 1. The Morgan fingerprint density at radius 1 is 1.36 bits per heavy atom. The van der Waals surface area contributed by atoms with Crippen LogP contribution in [-0.4, -0.2) is 69.4 Å². The van der Waals surface area contributed by atoms with Crippen molar-refractivity contribution in [3.8, 4) is 0 Å². The third kappa shape index (κ3) is 9.84. The number of carbonyl (C=O) groups excluding carboxylic acids is 4. The maximum Gasteiger partial charge on any atom is 0.330 e. The minimum atomic E-state index is -1.30. The number of Topliss-reactive ketones (excluding diaryl/α,β-unsaturated/α-hetero) is 1. The van der Waals surface area contributed by atoms with Crippen molar-refractivity contribution >= 4 is 41.1 Å². The monoisotopic (exact) mass is 607 g/mol. The van der Waals surface area contributed by atoms with Crippen LogP contribution < -0.4 is 0 Å². The minimum Gasteiger partial charge on any atom is -0.461 e. The molecule has 1 unspecified atom stereocenters. The second-order valence-electron chi connectivity index (χ2n) is 11.8. The highest BCUT2D eigenvalue weighted by Crippen LogP contribution is 2.41. The molecule has 1 aromatic rings. The van der Waals surface area contributed by atoms with Gasteiger partial charge in [0, 0.05) is 17.4 Å². The molecule has 10 nitrogen and oxygen atoms in total. The molecule has 1 aliphatic rings. The first-order valence-corrected chi connectivity index (χ1v) is 15.3. The molecule has 11 heteroatoms. The fraction of sp³-hybridized carbons (Fsp3) is 0.645. The zero-order chi connectivity index (χ0) is 31.7. The largest absolute Gasteiger partial charge is 0.461 e. The number of hydrogen-bond acceptors (Lipinski definition) is 11. The molecule has 2 rings (SSSR count). The fourth-order valence-electron chi connectivity index (χ4n) is 5.23. The van der Waals surface area contributed by atoms with Crippen molar-refractivity contribution in [2.24, 2.45) is 17.3 Å². The van der Waals surface area contributed by atoms with Gasteiger partial charge in [-0.1, -0.05) is 33.8 Å². The summed E-state index contributed by atoms with van der Waals surface area (Å²) in [5.74, 6) is -3.29. The van der Waals surface area contributed by atoms with Gasteiger partial charge in [-0.3, -0.25) is 14.4 Å². The normalized spacial score (nSPS) is 23.2. The molecule has 42 heavy (non-hydrogen) atoms. The van der Waals surface area contributed by atoms with E-state index in [0.29, 0.717) is 25.7 Å². The van der Waals surface area contributed by atoms with Gasteiger partial charge in [0.2, 0.25) is 0 Å². The van der Waals surface area contributed by atoms with Gasteiger partial charge in [0.05, 0.1) is 41.2 Å². The second kappa shape index (κ2) is 15.5. The van der Waals surface area contributed by atoms with Gasteiger partial charge < -0.3 is 24.4 Å². The first-order valence-electron chi connectivity index (χ1n) is 14.3. The Bertz CT molecular complexity index is 1130. The summed E-state index contributed by atoms with van der Waals surface area (Å²) in [4.78, 5) is 54.4. The lowest BCUT2D eigenvalue weighted by atomic mass is 9.71. The minimum absolute atomic E-state index is 0.180. The highest BCUT2D eigenvalue weighted by Gasteiger charge is 2.53. The molecule has 0 aromatic carbocycles. The summed E-state index contributed by atoms with van der Waals surface area (Å²) in [6.45, 7) is 13.5. The van der Waals surface area contributed by atoms with Gasteiger partial charge >= 0.3 is 17.9 Å². The lowest BCUT2D eigenvalue weighted by Gasteiger charge is -2.33. The number of nitrogens with zero attached hydrogens (tertiary/aromatic N) is 1. The van der Waals surface area contributed by atoms with Crippen molar-refractivity contribution in [1.82, 2.24) is 4.98 Å². The van der Waals surface area contributed by atoms with E-state index in [2.05, 4.69) is 11.6 Å². The molecule has 0 amide bonds. The Labute approximate surface area is 252 Å². The molecule has 0 saturated carbocycles. The SMILES string of the molecule is C=CC(=O)OCC(C)(O)CCC[C@H](C)[C@H](O)[C@@H](C)C(=O)[C@]1(C)CC(=O)O[C@H]1CC(=O)O[C@@H](CC)/C(C)=C/c1cscn1. The summed E-state index contributed by atoms with van der Waals surface area (Å²) in [5, 5.41) is 23.4. The molecule has 2 N–H and O–H groups in total. The topological polar surface area (TPSA) is 149 Å². The fourth-order valence-corrected chi connectivity index (χ4v) is 5.75. The second-order valence-corrected chi connectivity index (χ2v) is 12.5. The number of hydrogen-bond donors (Lipinski definition) is 2. The molecule has 1 fully saturated rings. The molecule has 0 bridgehead atoms. The highest BCUT2D eigenvalue weighted by molar-refractivity contribution is 7.07. The number of esters is 3. The van der Waals surface area contributed by atoms with Gasteiger partial charge in [-0.15, -0.1) is 11.3 Å². The Morgan fingerprint density at radius 3 is 2.64 bits per heavy atom. The van der Waals surface area contributed by atoms with Gasteiger partial charge in [-0.25, -0.2) is 9.78 Å². The Kier molecular flexibility index (Phi) is 13.1. The average Bonchev–Trinajstić information content (AvgIpc) is 3.55. The van der Waals surface area contributed by atoms with Crippen molar-refractivity contribution in [1.29, 1.82) is 0 Å². The van der Waals surface area contributed by atoms with Crippen LogP contribution in [0.15, 0.2) is 29.1 Å². The lowest BCUT2D eigenvalue weighted by Crippen LogP contribution is -2.45. The summed E-state index contributed by atoms with van der Waals surface area (Å²) < 4.78 is 16.1. The molecule has 1 saturated heterocycles. The lowest BCUT2D eigenvalue weighted by molar-refractivity contribution is -0.155. The Hall–Kier alpha value is -2.89. The van der Waals surface area contributed by atoms with Crippen LogP contribution >= 0.6 is 11.3 Å². The van der Waals surface area contributed by atoms with E-state index in [9.17, 15) is 29.4 Å². The first-order chi connectivity index (χ1) is 19.6. The van der Waals surface area contributed by atoms with Crippen LogP contribution in [0.3, 0.4) is 0 Å². The van der Waals surface area contributed by atoms with E-state index >= 15 is 0 Å². The maximum absolute atomic E-state index is 13.7. The van der Waals surface area contributed by atoms with Crippen LogP contribution in [0.5, 0.6) is 0 Å². The third-order valence-corrected chi connectivity index (χ3v) is 8.57. The highest BCUT2D eigenvalue weighted by atomic mass is 32.1. The molecule has 234 valence electrons. The van der Waals surface area contributed by atoms with E-state index in [4.69, 9.17) is 14.2 Å². The van der Waals surface area contributed by atoms with Crippen LogP contribution in [0.25, 0.3) is 6.08 Å². The van der Waals surface area contributed by atoms with Crippen molar-refractivity contribution < 1.29 is 43.6 Å². The quantitative estimate of drug-likeness (QED) is 0.148. The zero-order valence-electron chi connectivity index (χ0n) is 25.5. The summed E-state index contributed by atoms with van der Waals surface area (Å²) in [5.41, 5.74) is 0.768. The van der Waals surface area contributed by atoms with Gasteiger partial charge in [-0.05, 0) is 57.6 Å². The van der Waals surface area contributed by atoms with E-state index in [1.807, 2.05) is 25.3 Å². The van der Waals surface area contributed by atoms with Crippen LogP contribution in [0.2, 0.25) is 0 Å². The van der Waals surface area contributed by atoms with Crippen molar-refractivity contribution in [3.63, 3.8) is 0 Å². The summed E-state index contributed by atoms with van der Waals surface area (Å²) in [6.07, 6.45) is 1.74.